The van der Waals surface area contributed by atoms with Crippen molar-refractivity contribution in [1.82, 2.24) is 0 Å². The second kappa shape index (κ2) is 18.4. The zero-order chi connectivity index (χ0) is 39.8. The number of esters is 2. The van der Waals surface area contributed by atoms with Crippen molar-refractivity contribution in [3.8, 4) is 28.7 Å². The second-order valence-corrected chi connectivity index (χ2v) is 12.8. The highest BCUT2D eigenvalue weighted by Crippen LogP contribution is 2.32. The van der Waals surface area contributed by atoms with Gasteiger partial charge in [-0.25, -0.2) is 9.59 Å². The van der Waals surface area contributed by atoms with Gasteiger partial charge in [0.1, 0.15) is 49.0 Å². The lowest BCUT2D eigenvalue weighted by atomic mass is 9.97. The Hall–Kier alpha value is -5.24. The van der Waals surface area contributed by atoms with E-state index in [-0.39, 0.29) is 36.0 Å². The van der Waals surface area contributed by atoms with Gasteiger partial charge in [0.15, 0.2) is 41.7 Å². The number of aliphatic hydroxyl groups excluding tert-OH is 4. The van der Waals surface area contributed by atoms with Gasteiger partial charge in [-0.3, -0.25) is 0 Å². The van der Waals surface area contributed by atoms with Crippen LogP contribution in [0.2, 0.25) is 0 Å². The van der Waals surface area contributed by atoms with Gasteiger partial charge in [0, 0.05) is 12.2 Å². The number of hydrogen-bond acceptors (Lipinski definition) is 17. The molecule has 2 aliphatic rings. The maximum atomic E-state index is 13.2. The van der Waals surface area contributed by atoms with Gasteiger partial charge in [0.25, 0.3) is 0 Å². The topological polar surface area (TPSA) is 272 Å². The SMILES string of the molecule is C[C@@H]1O[C@@H](O[C@@H]2[C@@H](O)[C@H](OCCc3ccc(O)c(O)c3)O[C@H](COC(=O)C=Cc3ccc(O)cc3)[C@H]2OC(=O)C=Cc2ccc(O)c(O)c2)[C@H](O)[C@H](O)[C@H]1O. The summed E-state index contributed by atoms with van der Waals surface area (Å²) in [6.45, 7) is 0.648. The van der Waals surface area contributed by atoms with Crippen molar-refractivity contribution in [3.05, 3.63) is 89.5 Å². The molecule has 0 radical (unpaired) electrons. The van der Waals surface area contributed by atoms with Crippen LogP contribution in [0, 0.1) is 0 Å². The highest BCUT2D eigenvalue weighted by Gasteiger charge is 2.52. The van der Waals surface area contributed by atoms with Gasteiger partial charge in [-0.15, -0.1) is 0 Å². The number of benzene rings is 3. The van der Waals surface area contributed by atoms with Crippen LogP contribution in [0.1, 0.15) is 23.6 Å². The van der Waals surface area contributed by atoms with E-state index >= 15 is 0 Å². The van der Waals surface area contributed by atoms with Crippen molar-refractivity contribution < 1.29 is 84.0 Å². The number of rotatable bonds is 13. The van der Waals surface area contributed by atoms with Crippen LogP contribution >= 0.6 is 0 Å². The van der Waals surface area contributed by atoms with Crippen LogP contribution in [0.5, 0.6) is 28.7 Å². The van der Waals surface area contributed by atoms with E-state index in [1.807, 2.05) is 0 Å². The molecule has 0 aliphatic carbocycles. The molecular weight excluding hydrogens is 728 g/mol. The quantitative estimate of drug-likeness (QED) is 0.0665. The summed E-state index contributed by atoms with van der Waals surface area (Å²) in [7, 11) is 0. The van der Waals surface area contributed by atoms with Crippen LogP contribution < -0.4 is 0 Å². The number of phenols is 5. The Kier molecular flexibility index (Phi) is 13.7. The van der Waals surface area contributed by atoms with Crippen LogP contribution in [0.15, 0.2) is 72.8 Å². The Balaban J connectivity index is 1.41. The summed E-state index contributed by atoms with van der Waals surface area (Å²) in [6.07, 6.45) is -11.0. The average Bonchev–Trinajstić information content (AvgIpc) is 3.16. The smallest absolute Gasteiger partial charge is 0.331 e. The standard InChI is InChI=1S/C38H42O17/c1-19-31(46)32(47)33(48)38(52-19)55-36-34(49)37(50-15-14-22-5-11-25(41)27(43)17-22)53-28(18-51-29(44)12-6-20-2-8-23(39)9-3-20)35(36)54-30(45)13-7-21-4-10-24(40)26(42)16-21/h2-13,16-17,19,28,31-43,46-49H,14-15,18H2,1H3/t19-,28+,31-,32+,33+,34+,35+,36+,37+,38-/m0/s1. The number of aromatic hydroxyl groups is 5. The molecule has 0 unspecified atom stereocenters. The van der Waals surface area contributed by atoms with E-state index in [4.69, 9.17) is 28.4 Å². The monoisotopic (exact) mass is 770 g/mol. The number of aliphatic hydroxyl groups is 4. The van der Waals surface area contributed by atoms with Gasteiger partial charge in [-0.1, -0.05) is 24.3 Å². The molecule has 9 N–H and O–H groups in total. The Morgan fingerprint density at radius 1 is 0.673 bits per heavy atom. The lowest BCUT2D eigenvalue weighted by Crippen LogP contribution is -2.65. The lowest BCUT2D eigenvalue weighted by Gasteiger charge is -2.46. The molecule has 2 heterocycles. The zero-order valence-corrected chi connectivity index (χ0v) is 29.3. The van der Waals surface area contributed by atoms with Crippen LogP contribution in [0.25, 0.3) is 12.2 Å². The highest BCUT2D eigenvalue weighted by atomic mass is 16.7. The lowest BCUT2D eigenvalue weighted by molar-refractivity contribution is -0.357. The Bertz CT molecular complexity index is 1830. The first-order valence-corrected chi connectivity index (χ1v) is 17.1. The van der Waals surface area contributed by atoms with Crippen molar-refractivity contribution in [1.29, 1.82) is 0 Å². The molecule has 17 heteroatoms. The van der Waals surface area contributed by atoms with Crippen LogP contribution in [-0.2, 0) is 44.4 Å². The van der Waals surface area contributed by atoms with Gasteiger partial charge < -0.3 is 74.4 Å². The minimum atomic E-state index is -1.84. The third-order valence-corrected chi connectivity index (χ3v) is 8.79. The summed E-state index contributed by atoms with van der Waals surface area (Å²) in [5, 5.41) is 91.5. The highest BCUT2D eigenvalue weighted by molar-refractivity contribution is 5.88. The van der Waals surface area contributed by atoms with Crippen LogP contribution in [0.3, 0.4) is 0 Å². The molecule has 0 amide bonds. The largest absolute Gasteiger partial charge is 0.508 e. The molecule has 10 atom stereocenters. The van der Waals surface area contributed by atoms with E-state index in [1.165, 1.54) is 67.6 Å². The maximum Gasteiger partial charge on any atom is 0.331 e. The summed E-state index contributed by atoms with van der Waals surface area (Å²) < 4.78 is 34.5. The molecular formula is C38H42O17. The zero-order valence-electron chi connectivity index (χ0n) is 29.3. The molecule has 0 bridgehead atoms. The van der Waals surface area contributed by atoms with Gasteiger partial charge in [-0.2, -0.15) is 0 Å². The van der Waals surface area contributed by atoms with E-state index < -0.39 is 85.7 Å². The molecule has 17 nitrogen and oxygen atoms in total. The first kappa shape index (κ1) is 40.9. The fraction of sp³-hybridized carbons (Fsp3) is 0.368. The van der Waals surface area contributed by atoms with Crippen molar-refractivity contribution >= 4 is 24.1 Å². The van der Waals surface area contributed by atoms with E-state index in [2.05, 4.69) is 0 Å². The third kappa shape index (κ3) is 10.7. The molecule has 0 aromatic heterocycles. The van der Waals surface area contributed by atoms with Crippen molar-refractivity contribution in [2.45, 2.75) is 74.8 Å². The van der Waals surface area contributed by atoms with Gasteiger partial charge >= 0.3 is 11.9 Å². The summed E-state index contributed by atoms with van der Waals surface area (Å²) in [4.78, 5) is 26.1. The predicted molar refractivity (Wildman–Crippen MR) is 188 cm³/mol. The molecule has 296 valence electrons. The maximum absolute atomic E-state index is 13.2. The molecule has 55 heavy (non-hydrogen) atoms. The Morgan fingerprint density at radius 2 is 1.31 bits per heavy atom. The second-order valence-electron chi connectivity index (χ2n) is 12.8. The molecule has 5 rings (SSSR count). The van der Waals surface area contributed by atoms with E-state index in [9.17, 15) is 55.5 Å². The number of carbonyl (C=O) groups is 2. The van der Waals surface area contributed by atoms with Crippen molar-refractivity contribution in [2.75, 3.05) is 13.2 Å². The van der Waals surface area contributed by atoms with E-state index in [0.717, 1.165) is 12.2 Å². The Labute approximate surface area is 314 Å². The molecule has 2 aliphatic heterocycles. The molecule has 0 saturated carbocycles. The number of carbonyl (C=O) groups excluding carboxylic acids is 2. The molecule has 3 aromatic rings. The minimum absolute atomic E-state index is 0.0223. The fourth-order valence-corrected chi connectivity index (χ4v) is 5.71. The summed E-state index contributed by atoms with van der Waals surface area (Å²) in [5.41, 5.74) is 1.39. The van der Waals surface area contributed by atoms with Crippen molar-refractivity contribution in [3.63, 3.8) is 0 Å². The molecule has 2 saturated heterocycles. The van der Waals surface area contributed by atoms with E-state index in [1.54, 1.807) is 12.1 Å². The number of ether oxygens (including phenoxy) is 6. The number of hydrogen-bond donors (Lipinski definition) is 9. The normalized spacial score (nSPS) is 28.3. The van der Waals surface area contributed by atoms with Gasteiger partial charge in [0.05, 0.1) is 12.7 Å². The fourth-order valence-electron chi connectivity index (χ4n) is 5.71. The minimum Gasteiger partial charge on any atom is -0.508 e. The van der Waals surface area contributed by atoms with Crippen molar-refractivity contribution in [2.24, 2.45) is 0 Å². The van der Waals surface area contributed by atoms with E-state index in [0.29, 0.717) is 16.7 Å². The molecule has 2 fully saturated rings. The summed E-state index contributed by atoms with van der Waals surface area (Å²) in [5.74, 6) is -3.41. The average molecular weight is 771 g/mol. The summed E-state index contributed by atoms with van der Waals surface area (Å²) >= 11 is 0. The van der Waals surface area contributed by atoms with Crippen LogP contribution in [0.4, 0.5) is 0 Å². The molecule has 0 spiro atoms. The van der Waals surface area contributed by atoms with Crippen LogP contribution in [-0.4, -0.2) is 133 Å². The summed E-state index contributed by atoms with van der Waals surface area (Å²) in [6, 6.07) is 13.8. The van der Waals surface area contributed by atoms with Gasteiger partial charge in [0.2, 0.25) is 0 Å². The Morgan fingerprint density at radius 3 is 2.00 bits per heavy atom. The molecule has 3 aromatic carbocycles. The third-order valence-electron chi connectivity index (χ3n) is 8.79. The first-order valence-electron chi connectivity index (χ1n) is 17.1. The van der Waals surface area contributed by atoms with Gasteiger partial charge in [-0.05, 0) is 78.6 Å². The first-order chi connectivity index (χ1) is 26.2. The number of phenolic OH excluding ortho intramolecular Hbond substituents is 5. The predicted octanol–water partition coefficient (Wildman–Crippen LogP) is 0.954.